The zero-order valence-electron chi connectivity index (χ0n) is 21.4. The van der Waals surface area contributed by atoms with Gasteiger partial charge in [-0.2, -0.15) is 5.10 Å². The van der Waals surface area contributed by atoms with Crippen LogP contribution in [0.4, 0.5) is 18.9 Å². The summed E-state index contributed by atoms with van der Waals surface area (Å²) in [6, 6.07) is 20.5. The van der Waals surface area contributed by atoms with Crippen LogP contribution in [-0.4, -0.2) is 44.2 Å². The van der Waals surface area contributed by atoms with E-state index in [0.29, 0.717) is 22.4 Å². The van der Waals surface area contributed by atoms with Gasteiger partial charge in [0.15, 0.2) is 11.0 Å². The second-order valence-electron chi connectivity index (χ2n) is 9.03. The van der Waals surface area contributed by atoms with Crippen molar-refractivity contribution in [3.05, 3.63) is 90.3 Å². The van der Waals surface area contributed by atoms with E-state index >= 15 is 0 Å². The maximum atomic E-state index is 12.6. The number of anilines is 1. The molecule has 2 heterocycles. The zero-order valence-corrected chi connectivity index (χ0v) is 22.2. The average molecular weight is 565 g/mol. The van der Waals surface area contributed by atoms with Crippen LogP contribution < -0.4 is 9.64 Å². The number of benzene rings is 3. The maximum absolute atomic E-state index is 12.6. The third-order valence-corrected chi connectivity index (χ3v) is 6.82. The van der Waals surface area contributed by atoms with Gasteiger partial charge in [0.1, 0.15) is 12.1 Å². The molecule has 40 heavy (non-hydrogen) atoms. The van der Waals surface area contributed by atoms with E-state index < -0.39 is 6.36 Å². The Morgan fingerprint density at radius 2 is 1.75 bits per heavy atom. The fourth-order valence-corrected chi connectivity index (χ4v) is 4.85. The minimum absolute atomic E-state index is 0.0334. The van der Waals surface area contributed by atoms with Crippen LogP contribution in [0, 0.1) is 0 Å². The lowest BCUT2D eigenvalue weighted by Crippen LogP contribution is -2.30. The van der Waals surface area contributed by atoms with Crippen molar-refractivity contribution in [1.82, 2.24) is 14.8 Å². The van der Waals surface area contributed by atoms with E-state index in [-0.39, 0.29) is 17.6 Å². The highest BCUT2D eigenvalue weighted by molar-refractivity contribution is 8.15. The first-order chi connectivity index (χ1) is 19.2. The van der Waals surface area contributed by atoms with Gasteiger partial charge in [-0.25, -0.2) is 9.67 Å². The highest BCUT2D eigenvalue weighted by Crippen LogP contribution is 2.33. The van der Waals surface area contributed by atoms with Gasteiger partial charge < -0.3 is 4.74 Å². The van der Waals surface area contributed by atoms with E-state index in [1.54, 1.807) is 11.1 Å². The minimum Gasteiger partial charge on any atom is -0.406 e. The second-order valence-corrected chi connectivity index (χ2v) is 9.98. The summed E-state index contributed by atoms with van der Waals surface area (Å²) < 4.78 is 42.5. The summed E-state index contributed by atoms with van der Waals surface area (Å²) in [7, 11) is 0. The number of alkyl halides is 3. The van der Waals surface area contributed by atoms with Crippen molar-refractivity contribution < 1.29 is 22.7 Å². The summed E-state index contributed by atoms with van der Waals surface area (Å²) in [6.45, 7) is 4.17. The molecule has 0 spiro atoms. The summed E-state index contributed by atoms with van der Waals surface area (Å²) in [4.78, 5) is 18.6. The van der Waals surface area contributed by atoms with Crippen molar-refractivity contribution in [1.29, 1.82) is 0 Å². The van der Waals surface area contributed by atoms with Gasteiger partial charge in [-0.1, -0.05) is 68.1 Å². The number of amidine groups is 1. The SMILES string of the molecule is CC(C)c1ccccc1N1C(=O)CS/C1=N/N=C/c1ccc(-c2ncn(-c3ccc(OC(F)(F)F)cc3)n2)cc1. The van der Waals surface area contributed by atoms with Crippen molar-refractivity contribution in [2.75, 3.05) is 10.7 Å². The van der Waals surface area contributed by atoms with Gasteiger partial charge >= 0.3 is 6.36 Å². The minimum atomic E-state index is -4.75. The summed E-state index contributed by atoms with van der Waals surface area (Å²) >= 11 is 1.35. The third kappa shape index (κ3) is 6.23. The lowest BCUT2D eigenvalue weighted by molar-refractivity contribution is -0.274. The Kier molecular flexibility index (Phi) is 7.69. The smallest absolute Gasteiger partial charge is 0.406 e. The van der Waals surface area contributed by atoms with Crippen molar-refractivity contribution in [3.8, 4) is 22.8 Å². The number of halogens is 3. The molecule has 5 rings (SSSR count). The normalized spacial score (nSPS) is 15.1. The number of carbonyl (C=O) groups is 1. The van der Waals surface area contributed by atoms with E-state index in [0.717, 1.165) is 22.4 Å². The van der Waals surface area contributed by atoms with E-state index in [4.69, 9.17) is 0 Å². The molecule has 1 fully saturated rings. The predicted octanol–water partition coefficient (Wildman–Crippen LogP) is 6.43. The molecule has 1 saturated heterocycles. The maximum Gasteiger partial charge on any atom is 0.573 e. The van der Waals surface area contributed by atoms with Crippen LogP contribution in [0.5, 0.6) is 5.75 Å². The van der Waals surface area contributed by atoms with E-state index in [9.17, 15) is 18.0 Å². The molecule has 12 heteroatoms. The highest BCUT2D eigenvalue weighted by atomic mass is 32.2. The predicted molar refractivity (Wildman–Crippen MR) is 149 cm³/mol. The fourth-order valence-electron chi connectivity index (χ4n) is 4.04. The molecular formula is C28H23F3N6O2S. The largest absolute Gasteiger partial charge is 0.573 e. The highest BCUT2D eigenvalue weighted by Gasteiger charge is 2.32. The Morgan fingerprint density at radius 3 is 2.45 bits per heavy atom. The first-order valence-corrected chi connectivity index (χ1v) is 13.2. The molecule has 1 aliphatic heterocycles. The van der Waals surface area contributed by atoms with Gasteiger partial charge in [-0.3, -0.25) is 9.69 Å². The molecule has 0 aliphatic carbocycles. The van der Waals surface area contributed by atoms with Gasteiger partial charge in [-0.15, -0.1) is 23.4 Å². The Labute approximate surface area is 232 Å². The van der Waals surface area contributed by atoms with Gasteiger partial charge in [0.05, 0.1) is 23.3 Å². The molecule has 1 aliphatic rings. The molecule has 1 amide bonds. The molecule has 0 atom stereocenters. The Balaban J connectivity index is 1.27. The Morgan fingerprint density at radius 1 is 1.02 bits per heavy atom. The number of nitrogens with zero attached hydrogens (tertiary/aromatic N) is 6. The first kappa shape index (κ1) is 27.1. The topological polar surface area (TPSA) is 85.0 Å². The first-order valence-electron chi connectivity index (χ1n) is 12.2. The van der Waals surface area contributed by atoms with E-state index in [1.165, 1.54) is 47.0 Å². The molecule has 1 aromatic heterocycles. The van der Waals surface area contributed by atoms with Crippen LogP contribution in [-0.2, 0) is 4.79 Å². The third-order valence-electron chi connectivity index (χ3n) is 5.91. The summed E-state index contributed by atoms with van der Waals surface area (Å²) in [5.41, 5.74) is 3.95. The lowest BCUT2D eigenvalue weighted by atomic mass is 10.0. The number of carbonyl (C=O) groups excluding carboxylic acids is 1. The monoisotopic (exact) mass is 564 g/mol. The molecule has 8 nitrogen and oxygen atoms in total. The van der Waals surface area contributed by atoms with Crippen LogP contribution in [0.2, 0.25) is 0 Å². The molecule has 0 radical (unpaired) electrons. The van der Waals surface area contributed by atoms with E-state index in [2.05, 4.69) is 38.9 Å². The van der Waals surface area contributed by atoms with Gasteiger partial charge in [0.2, 0.25) is 5.91 Å². The number of ether oxygens (including phenoxy) is 1. The van der Waals surface area contributed by atoms with Crippen molar-refractivity contribution in [3.63, 3.8) is 0 Å². The number of rotatable bonds is 7. The van der Waals surface area contributed by atoms with Gasteiger partial charge in [0.25, 0.3) is 0 Å². The summed E-state index contributed by atoms with van der Waals surface area (Å²) in [5.74, 6) is 0.650. The lowest BCUT2D eigenvalue weighted by Gasteiger charge is -2.20. The summed E-state index contributed by atoms with van der Waals surface area (Å²) in [5, 5.41) is 13.5. The Bertz CT molecular complexity index is 1560. The quantitative estimate of drug-likeness (QED) is 0.191. The van der Waals surface area contributed by atoms with Crippen molar-refractivity contribution in [2.45, 2.75) is 26.1 Å². The zero-order chi connectivity index (χ0) is 28.3. The van der Waals surface area contributed by atoms with Crippen molar-refractivity contribution in [2.24, 2.45) is 10.2 Å². The van der Waals surface area contributed by atoms with E-state index in [1.807, 2.05) is 48.5 Å². The molecule has 4 aromatic rings. The molecule has 204 valence electrons. The fraction of sp³-hybridized carbons (Fsp3) is 0.179. The molecular weight excluding hydrogens is 541 g/mol. The summed E-state index contributed by atoms with van der Waals surface area (Å²) in [6.07, 6.45) is -1.67. The van der Waals surface area contributed by atoms with Crippen LogP contribution >= 0.6 is 11.8 Å². The van der Waals surface area contributed by atoms with Crippen LogP contribution in [0.3, 0.4) is 0 Å². The number of amides is 1. The molecule has 3 aromatic carbocycles. The standard InChI is InChI=1S/C28H23F3N6O2S/c1-18(2)23-5-3-4-6-24(23)37-25(38)16-40-27(37)34-33-15-19-7-9-20(10-8-19)26-32-17-36(35-26)21-11-13-22(14-12-21)39-28(29,30)31/h3-15,17-18H,16H2,1-2H3/b33-15+,34-27+. The molecule has 0 saturated carbocycles. The van der Waals surface area contributed by atoms with Crippen molar-refractivity contribution >= 4 is 34.7 Å². The molecule has 0 N–H and O–H groups in total. The Hall–Kier alpha value is -4.45. The number of hydrogen-bond donors (Lipinski definition) is 0. The molecule has 0 bridgehead atoms. The number of para-hydroxylation sites is 1. The van der Waals surface area contributed by atoms with Gasteiger partial charge in [-0.05, 0) is 47.4 Å². The average Bonchev–Trinajstić information content (AvgIpc) is 3.56. The van der Waals surface area contributed by atoms with Crippen LogP contribution in [0.15, 0.2) is 89.3 Å². The second kappa shape index (κ2) is 11.3. The number of thioether (sulfide) groups is 1. The van der Waals surface area contributed by atoms with Crippen LogP contribution in [0.25, 0.3) is 17.1 Å². The number of aromatic nitrogens is 3. The van der Waals surface area contributed by atoms with Crippen LogP contribution in [0.1, 0.15) is 30.9 Å². The van der Waals surface area contributed by atoms with Gasteiger partial charge in [0, 0.05) is 5.56 Å². The molecule has 0 unspecified atom stereocenters. The number of hydrogen-bond acceptors (Lipinski definition) is 7.